The number of nitriles is 1. The van der Waals surface area contributed by atoms with Gasteiger partial charge in [0.25, 0.3) is 0 Å². The number of rotatable bonds is 8. The molecule has 2 aliphatic rings. The van der Waals surface area contributed by atoms with E-state index in [4.69, 9.17) is 5.26 Å². The zero-order chi connectivity index (χ0) is 23.1. The highest BCUT2D eigenvalue weighted by Crippen LogP contribution is 2.29. The van der Waals surface area contributed by atoms with Crippen LogP contribution in [0.25, 0.3) is 0 Å². The molecule has 32 heavy (non-hydrogen) atoms. The van der Waals surface area contributed by atoms with Gasteiger partial charge in [-0.3, -0.25) is 9.69 Å². The molecule has 0 unspecified atom stereocenters. The van der Waals surface area contributed by atoms with E-state index in [9.17, 15) is 22.4 Å². The maximum atomic E-state index is 14.0. The highest BCUT2D eigenvalue weighted by atomic mass is 19.2. The molecule has 1 heterocycles. The molecule has 1 amide bonds. The summed E-state index contributed by atoms with van der Waals surface area (Å²) in [5, 5.41) is 11.6. The molecular formula is C23H30F4N4O. The first-order chi connectivity index (χ1) is 15.4. The minimum Gasteiger partial charge on any atom is -0.366 e. The SMILES string of the molecule is N#CCCCC(=O)NC1CCC(CCN2CCN(c3cc(F)c(F)c(F)c3F)CC2)CC1. The Bertz CT molecular complexity index is 828. The van der Waals surface area contributed by atoms with Crippen molar-refractivity contribution >= 4 is 11.6 Å². The Morgan fingerprint density at radius 1 is 1.03 bits per heavy atom. The summed E-state index contributed by atoms with van der Waals surface area (Å²) in [5.41, 5.74) is -0.228. The lowest BCUT2D eigenvalue weighted by Gasteiger charge is -2.37. The van der Waals surface area contributed by atoms with Crippen molar-refractivity contribution in [2.75, 3.05) is 37.6 Å². The third-order valence-corrected chi connectivity index (χ3v) is 6.55. The van der Waals surface area contributed by atoms with E-state index in [0.717, 1.165) is 44.7 Å². The van der Waals surface area contributed by atoms with Crippen molar-refractivity contribution in [2.24, 2.45) is 5.92 Å². The van der Waals surface area contributed by atoms with Crippen LogP contribution >= 0.6 is 0 Å². The molecule has 0 radical (unpaired) electrons. The fourth-order valence-corrected chi connectivity index (χ4v) is 4.59. The number of amides is 1. The van der Waals surface area contributed by atoms with Gasteiger partial charge in [-0.05, 0) is 51.0 Å². The fourth-order valence-electron chi connectivity index (χ4n) is 4.59. The van der Waals surface area contributed by atoms with E-state index >= 15 is 0 Å². The minimum absolute atomic E-state index is 0.0268. The van der Waals surface area contributed by atoms with Gasteiger partial charge in [0.05, 0.1) is 11.8 Å². The highest BCUT2D eigenvalue weighted by Gasteiger charge is 2.26. The molecule has 3 rings (SSSR count). The molecule has 0 spiro atoms. The molecule has 176 valence electrons. The van der Waals surface area contributed by atoms with Gasteiger partial charge in [0.15, 0.2) is 23.3 Å². The number of carbonyl (C=O) groups is 1. The Morgan fingerprint density at radius 2 is 1.72 bits per heavy atom. The number of carbonyl (C=O) groups excluding carboxylic acids is 1. The van der Waals surface area contributed by atoms with Gasteiger partial charge >= 0.3 is 0 Å². The molecule has 1 saturated heterocycles. The van der Waals surface area contributed by atoms with Gasteiger partial charge in [0.2, 0.25) is 5.91 Å². The zero-order valence-corrected chi connectivity index (χ0v) is 18.2. The largest absolute Gasteiger partial charge is 0.366 e. The summed E-state index contributed by atoms with van der Waals surface area (Å²) < 4.78 is 54.2. The first-order valence-electron chi connectivity index (χ1n) is 11.4. The van der Waals surface area contributed by atoms with Crippen molar-refractivity contribution in [3.05, 3.63) is 29.3 Å². The molecule has 9 heteroatoms. The van der Waals surface area contributed by atoms with E-state index in [2.05, 4.69) is 10.2 Å². The first-order valence-corrected chi connectivity index (χ1v) is 11.4. The van der Waals surface area contributed by atoms with Gasteiger partial charge in [-0.2, -0.15) is 5.26 Å². The summed E-state index contributed by atoms with van der Waals surface area (Å²) in [6, 6.07) is 2.99. The summed E-state index contributed by atoms with van der Waals surface area (Å²) in [5.74, 6) is -5.65. The van der Waals surface area contributed by atoms with E-state index in [1.165, 1.54) is 0 Å². The molecule has 1 aliphatic carbocycles. The third kappa shape index (κ3) is 6.35. The van der Waals surface area contributed by atoms with Crippen molar-refractivity contribution in [3.63, 3.8) is 0 Å². The van der Waals surface area contributed by atoms with Gasteiger partial charge in [0.1, 0.15) is 0 Å². The van der Waals surface area contributed by atoms with Gasteiger partial charge in [-0.25, -0.2) is 17.6 Å². The second-order valence-electron chi connectivity index (χ2n) is 8.73. The predicted molar refractivity (Wildman–Crippen MR) is 113 cm³/mol. The van der Waals surface area contributed by atoms with Crippen LogP contribution in [0.15, 0.2) is 6.07 Å². The normalized spacial score (nSPS) is 21.9. The smallest absolute Gasteiger partial charge is 0.220 e. The zero-order valence-electron chi connectivity index (χ0n) is 18.2. The lowest BCUT2D eigenvalue weighted by atomic mass is 9.84. The number of piperazine rings is 1. The molecule has 1 aliphatic heterocycles. The van der Waals surface area contributed by atoms with Gasteiger partial charge in [0, 0.05) is 51.1 Å². The molecular weight excluding hydrogens is 424 g/mol. The van der Waals surface area contributed by atoms with Crippen LogP contribution in [0.4, 0.5) is 23.2 Å². The molecule has 0 atom stereocenters. The maximum Gasteiger partial charge on any atom is 0.220 e. The molecule has 1 N–H and O–H groups in total. The molecule has 1 aromatic carbocycles. The van der Waals surface area contributed by atoms with Gasteiger partial charge in [-0.15, -0.1) is 0 Å². The fraction of sp³-hybridized carbons (Fsp3) is 0.652. The molecule has 5 nitrogen and oxygen atoms in total. The third-order valence-electron chi connectivity index (χ3n) is 6.55. The standard InChI is InChI=1S/C23H30F4N4O/c24-18-15-19(22(26)23(27)21(18)25)31-13-11-30(12-14-31)10-8-16-4-6-17(7-5-16)29-20(32)3-1-2-9-28/h15-17H,1-8,10-14H2,(H,29,32). The van der Waals surface area contributed by atoms with Crippen LogP contribution in [0, 0.1) is 40.5 Å². The Labute approximate surface area is 186 Å². The van der Waals surface area contributed by atoms with Crippen LogP contribution in [-0.4, -0.2) is 49.6 Å². The molecule has 1 saturated carbocycles. The maximum absolute atomic E-state index is 14.0. The Kier molecular flexibility index (Phi) is 8.74. The predicted octanol–water partition coefficient (Wildman–Crippen LogP) is 4.12. The van der Waals surface area contributed by atoms with Crippen LogP contribution in [0.1, 0.15) is 51.4 Å². The monoisotopic (exact) mass is 454 g/mol. The van der Waals surface area contributed by atoms with Crippen LogP contribution in [0.2, 0.25) is 0 Å². The van der Waals surface area contributed by atoms with E-state index in [1.807, 2.05) is 6.07 Å². The van der Waals surface area contributed by atoms with Crippen molar-refractivity contribution < 1.29 is 22.4 Å². The quantitative estimate of drug-likeness (QED) is 0.278. The van der Waals surface area contributed by atoms with E-state index < -0.39 is 23.3 Å². The number of anilines is 1. The summed E-state index contributed by atoms with van der Waals surface area (Å²) in [6.07, 6.45) is 6.49. The van der Waals surface area contributed by atoms with E-state index in [1.54, 1.807) is 4.90 Å². The number of unbranched alkanes of at least 4 members (excludes halogenated alkanes) is 1. The van der Waals surface area contributed by atoms with Crippen LogP contribution in [0.3, 0.4) is 0 Å². The van der Waals surface area contributed by atoms with Crippen molar-refractivity contribution in [1.29, 1.82) is 5.26 Å². The summed E-state index contributed by atoms with van der Waals surface area (Å²) in [7, 11) is 0. The molecule has 0 bridgehead atoms. The number of nitrogens with zero attached hydrogens (tertiary/aromatic N) is 3. The average Bonchev–Trinajstić information content (AvgIpc) is 2.80. The van der Waals surface area contributed by atoms with Gasteiger partial charge < -0.3 is 10.2 Å². The van der Waals surface area contributed by atoms with Crippen LogP contribution in [0.5, 0.6) is 0 Å². The number of hydrogen-bond acceptors (Lipinski definition) is 4. The Balaban J connectivity index is 1.36. The summed E-state index contributed by atoms with van der Waals surface area (Å²) >= 11 is 0. The van der Waals surface area contributed by atoms with E-state index in [0.29, 0.717) is 51.4 Å². The minimum atomic E-state index is -1.78. The second kappa shape index (κ2) is 11.5. The first kappa shape index (κ1) is 24.3. The molecule has 0 aromatic heterocycles. The van der Waals surface area contributed by atoms with Crippen molar-refractivity contribution in [3.8, 4) is 6.07 Å². The summed E-state index contributed by atoms with van der Waals surface area (Å²) in [4.78, 5) is 15.7. The lowest BCUT2D eigenvalue weighted by molar-refractivity contribution is -0.122. The molecule has 1 aromatic rings. The van der Waals surface area contributed by atoms with Crippen LogP contribution in [-0.2, 0) is 4.79 Å². The number of hydrogen-bond donors (Lipinski definition) is 1. The topological polar surface area (TPSA) is 59.4 Å². The highest BCUT2D eigenvalue weighted by molar-refractivity contribution is 5.76. The summed E-state index contributed by atoms with van der Waals surface area (Å²) in [6.45, 7) is 3.04. The number of benzene rings is 1. The molecule has 2 fully saturated rings. The van der Waals surface area contributed by atoms with Crippen molar-refractivity contribution in [2.45, 2.75) is 57.4 Å². The van der Waals surface area contributed by atoms with Gasteiger partial charge in [-0.1, -0.05) is 0 Å². The number of nitrogens with one attached hydrogen (secondary N) is 1. The Hall–Kier alpha value is -2.34. The Morgan fingerprint density at radius 3 is 2.38 bits per heavy atom. The number of halogens is 4. The van der Waals surface area contributed by atoms with Crippen molar-refractivity contribution in [1.82, 2.24) is 10.2 Å². The van der Waals surface area contributed by atoms with E-state index in [-0.39, 0.29) is 17.6 Å². The average molecular weight is 455 g/mol. The van der Waals surface area contributed by atoms with Crippen LogP contribution < -0.4 is 10.2 Å². The lowest BCUT2D eigenvalue weighted by Crippen LogP contribution is -2.47. The second-order valence-corrected chi connectivity index (χ2v) is 8.73.